The van der Waals surface area contributed by atoms with Gasteiger partial charge in [-0.1, -0.05) is 17.7 Å². The SMILES string of the molecule is Cc1ccc(F)cc1Nc1cc(Cl)ccc1C#N. The van der Waals surface area contributed by atoms with Crippen LogP contribution in [-0.2, 0) is 0 Å². The van der Waals surface area contributed by atoms with Crippen LogP contribution in [0.25, 0.3) is 0 Å². The maximum atomic E-state index is 13.2. The van der Waals surface area contributed by atoms with Gasteiger partial charge in [-0.2, -0.15) is 5.26 Å². The molecule has 0 aliphatic rings. The number of nitrogens with one attached hydrogen (secondary N) is 1. The highest BCUT2D eigenvalue weighted by Gasteiger charge is 2.06. The van der Waals surface area contributed by atoms with Gasteiger partial charge < -0.3 is 5.32 Å². The summed E-state index contributed by atoms with van der Waals surface area (Å²) in [6, 6.07) is 11.4. The van der Waals surface area contributed by atoms with Gasteiger partial charge in [-0.3, -0.25) is 0 Å². The van der Waals surface area contributed by atoms with E-state index >= 15 is 0 Å². The van der Waals surface area contributed by atoms with Crippen molar-refractivity contribution < 1.29 is 4.39 Å². The van der Waals surface area contributed by atoms with E-state index in [1.54, 1.807) is 24.3 Å². The van der Waals surface area contributed by atoms with Crippen molar-refractivity contribution in [2.45, 2.75) is 6.92 Å². The van der Waals surface area contributed by atoms with Gasteiger partial charge in [-0.25, -0.2) is 4.39 Å². The molecule has 2 rings (SSSR count). The number of nitriles is 1. The molecule has 0 saturated heterocycles. The number of rotatable bonds is 2. The second-order valence-corrected chi connectivity index (χ2v) is 4.32. The monoisotopic (exact) mass is 260 g/mol. The number of halogens is 2. The predicted molar refractivity (Wildman–Crippen MR) is 70.6 cm³/mol. The number of anilines is 2. The fourth-order valence-corrected chi connectivity index (χ4v) is 1.76. The highest BCUT2D eigenvalue weighted by molar-refractivity contribution is 6.30. The van der Waals surface area contributed by atoms with Gasteiger partial charge in [-0.15, -0.1) is 0 Å². The first-order valence-electron chi connectivity index (χ1n) is 5.33. The lowest BCUT2D eigenvalue weighted by molar-refractivity contribution is 0.628. The molecule has 0 bridgehead atoms. The lowest BCUT2D eigenvalue weighted by atomic mass is 10.1. The molecule has 1 N–H and O–H groups in total. The molecule has 90 valence electrons. The quantitative estimate of drug-likeness (QED) is 0.869. The number of benzene rings is 2. The van der Waals surface area contributed by atoms with Gasteiger partial charge in [0.15, 0.2) is 0 Å². The van der Waals surface area contributed by atoms with Crippen LogP contribution in [-0.4, -0.2) is 0 Å². The molecule has 0 amide bonds. The normalized spacial score (nSPS) is 9.89. The molecule has 4 heteroatoms. The lowest BCUT2D eigenvalue weighted by Gasteiger charge is -2.11. The van der Waals surface area contributed by atoms with Crippen LogP contribution in [0.3, 0.4) is 0 Å². The van der Waals surface area contributed by atoms with Crippen molar-refractivity contribution in [3.63, 3.8) is 0 Å². The Morgan fingerprint density at radius 2 is 1.94 bits per heavy atom. The van der Waals surface area contributed by atoms with Crippen molar-refractivity contribution in [2.75, 3.05) is 5.32 Å². The molecule has 0 unspecified atom stereocenters. The Bertz CT molecular complexity index is 632. The Morgan fingerprint density at radius 3 is 2.67 bits per heavy atom. The average molecular weight is 261 g/mol. The molecule has 2 aromatic carbocycles. The second kappa shape index (κ2) is 5.07. The molecule has 18 heavy (non-hydrogen) atoms. The van der Waals surface area contributed by atoms with Gasteiger partial charge >= 0.3 is 0 Å². The third-order valence-electron chi connectivity index (χ3n) is 2.57. The number of aryl methyl sites for hydroxylation is 1. The van der Waals surface area contributed by atoms with Gasteiger partial charge in [0.2, 0.25) is 0 Å². The van der Waals surface area contributed by atoms with Crippen LogP contribution in [0.2, 0.25) is 5.02 Å². The van der Waals surface area contributed by atoms with Crippen molar-refractivity contribution in [3.05, 3.63) is 58.4 Å². The minimum absolute atomic E-state index is 0.330. The van der Waals surface area contributed by atoms with E-state index in [0.29, 0.717) is 22.0 Å². The Hall–Kier alpha value is -2.05. The van der Waals surface area contributed by atoms with Crippen LogP contribution < -0.4 is 5.32 Å². The van der Waals surface area contributed by atoms with Crippen molar-refractivity contribution in [1.29, 1.82) is 5.26 Å². The first kappa shape index (κ1) is 12.4. The van der Waals surface area contributed by atoms with Crippen molar-refractivity contribution >= 4 is 23.0 Å². The molecule has 0 heterocycles. The summed E-state index contributed by atoms with van der Waals surface area (Å²) in [6.45, 7) is 1.86. The zero-order valence-electron chi connectivity index (χ0n) is 9.67. The summed E-state index contributed by atoms with van der Waals surface area (Å²) in [6.07, 6.45) is 0. The van der Waals surface area contributed by atoms with E-state index in [-0.39, 0.29) is 5.82 Å². The smallest absolute Gasteiger partial charge is 0.125 e. The highest BCUT2D eigenvalue weighted by Crippen LogP contribution is 2.26. The highest BCUT2D eigenvalue weighted by atomic mass is 35.5. The van der Waals surface area contributed by atoms with E-state index in [9.17, 15) is 4.39 Å². The van der Waals surface area contributed by atoms with Crippen LogP contribution in [0.15, 0.2) is 36.4 Å². The van der Waals surface area contributed by atoms with E-state index in [2.05, 4.69) is 11.4 Å². The molecule has 0 aliphatic heterocycles. The van der Waals surface area contributed by atoms with Crippen LogP contribution in [0.5, 0.6) is 0 Å². The third kappa shape index (κ3) is 2.61. The van der Waals surface area contributed by atoms with Crippen LogP contribution in [0.4, 0.5) is 15.8 Å². The van der Waals surface area contributed by atoms with Crippen LogP contribution >= 0.6 is 11.6 Å². The fraction of sp³-hybridized carbons (Fsp3) is 0.0714. The molecule has 0 radical (unpaired) electrons. The van der Waals surface area contributed by atoms with E-state index < -0.39 is 0 Å². The van der Waals surface area contributed by atoms with E-state index in [0.717, 1.165) is 5.56 Å². The Kier molecular flexibility index (Phi) is 3.50. The minimum Gasteiger partial charge on any atom is -0.354 e. The summed E-state index contributed by atoms with van der Waals surface area (Å²) in [5.41, 5.74) is 2.54. The van der Waals surface area contributed by atoms with Gasteiger partial charge in [0.1, 0.15) is 11.9 Å². The van der Waals surface area contributed by atoms with Crippen LogP contribution in [0.1, 0.15) is 11.1 Å². The van der Waals surface area contributed by atoms with E-state index in [1.807, 2.05) is 6.92 Å². The zero-order chi connectivity index (χ0) is 13.1. The number of nitrogens with zero attached hydrogens (tertiary/aromatic N) is 1. The van der Waals surface area contributed by atoms with Crippen molar-refractivity contribution in [3.8, 4) is 6.07 Å². The fourth-order valence-electron chi connectivity index (χ4n) is 1.59. The molecule has 0 atom stereocenters. The molecule has 0 aliphatic carbocycles. The molecular weight excluding hydrogens is 251 g/mol. The summed E-state index contributed by atoms with van der Waals surface area (Å²) in [5, 5.41) is 12.5. The summed E-state index contributed by atoms with van der Waals surface area (Å²) in [5.74, 6) is -0.330. The number of hydrogen-bond donors (Lipinski definition) is 1. The van der Waals surface area contributed by atoms with Gasteiger partial charge in [0.25, 0.3) is 0 Å². The van der Waals surface area contributed by atoms with E-state index in [4.69, 9.17) is 16.9 Å². The molecule has 0 saturated carbocycles. The Balaban J connectivity index is 2.43. The first-order chi connectivity index (χ1) is 8.60. The Morgan fingerprint density at radius 1 is 1.17 bits per heavy atom. The molecule has 0 aromatic heterocycles. The summed E-state index contributed by atoms with van der Waals surface area (Å²) in [7, 11) is 0. The number of hydrogen-bond acceptors (Lipinski definition) is 2. The van der Waals surface area contributed by atoms with Crippen LogP contribution in [0, 0.1) is 24.1 Å². The second-order valence-electron chi connectivity index (χ2n) is 3.89. The van der Waals surface area contributed by atoms with Crippen molar-refractivity contribution in [1.82, 2.24) is 0 Å². The standard InChI is InChI=1S/C14H10ClFN2/c1-9-2-5-12(16)7-13(9)18-14-6-11(15)4-3-10(14)8-17/h2-7,18H,1H3. The first-order valence-corrected chi connectivity index (χ1v) is 5.71. The maximum Gasteiger partial charge on any atom is 0.125 e. The topological polar surface area (TPSA) is 35.8 Å². The third-order valence-corrected chi connectivity index (χ3v) is 2.81. The molecule has 0 spiro atoms. The molecule has 2 aromatic rings. The lowest BCUT2D eigenvalue weighted by Crippen LogP contribution is -1.96. The molecule has 0 fully saturated rings. The predicted octanol–water partition coefficient (Wildman–Crippen LogP) is 4.40. The average Bonchev–Trinajstić information content (AvgIpc) is 2.34. The van der Waals surface area contributed by atoms with Gasteiger partial charge in [0, 0.05) is 10.7 Å². The van der Waals surface area contributed by atoms with Gasteiger partial charge in [0.05, 0.1) is 11.3 Å². The molecule has 2 nitrogen and oxygen atoms in total. The Labute approximate surface area is 110 Å². The minimum atomic E-state index is -0.330. The largest absolute Gasteiger partial charge is 0.354 e. The molecular formula is C14H10ClFN2. The van der Waals surface area contributed by atoms with E-state index in [1.165, 1.54) is 12.1 Å². The maximum absolute atomic E-state index is 13.2. The summed E-state index contributed by atoms with van der Waals surface area (Å²) in [4.78, 5) is 0. The summed E-state index contributed by atoms with van der Waals surface area (Å²) < 4.78 is 13.2. The zero-order valence-corrected chi connectivity index (χ0v) is 10.4. The summed E-state index contributed by atoms with van der Waals surface area (Å²) >= 11 is 5.89. The van der Waals surface area contributed by atoms with Gasteiger partial charge in [-0.05, 0) is 42.8 Å². The van der Waals surface area contributed by atoms with Crippen molar-refractivity contribution in [2.24, 2.45) is 0 Å².